The summed E-state index contributed by atoms with van der Waals surface area (Å²) in [6.45, 7) is 1.32. The number of aliphatic hydroxyl groups is 2. The zero-order valence-corrected chi connectivity index (χ0v) is 15.0. The number of imidazole rings is 1. The maximum Gasteiger partial charge on any atom is 0.416 e. The maximum absolute atomic E-state index is 13.2. The summed E-state index contributed by atoms with van der Waals surface area (Å²) < 4.78 is 41.2. The van der Waals surface area contributed by atoms with Gasteiger partial charge in [-0.25, -0.2) is 9.97 Å². The minimum atomic E-state index is -4.42. The molecule has 0 saturated heterocycles. The van der Waals surface area contributed by atoms with Crippen molar-refractivity contribution >= 4 is 11.2 Å². The minimum Gasteiger partial charge on any atom is -0.396 e. The highest BCUT2D eigenvalue weighted by Crippen LogP contribution is 2.36. The predicted octanol–water partition coefficient (Wildman–Crippen LogP) is 3.25. The second kappa shape index (κ2) is 7.28. The van der Waals surface area contributed by atoms with Crippen molar-refractivity contribution in [1.82, 2.24) is 14.5 Å². The molecule has 8 heteroatoms. The molecule has 0 aliphatic rings. The van der Waals surface area contributed by atoms with Crippen LogP contribution in [0.3, 0.4) is 0 Å². The number of halogens is 3. The molecule has 27 heavy (non-hydrogen) atoms. The number of pyridine rings is 1. The Kier molecular flexibility index (Phi) is 5.21. The van der Waals surface area contributed by atoms with Crippen molar-refractivity contribution in [3.63, 3.8) is 0 Å². The Morgan fingerprint density at radius 3 is 2.67 bits per heavy atom. The van der Waals surface area contributed by atoms with Crippen LogP contribution >= 0.6 is 0 Å². The first kappa shape index (κ1) is 19.3. The lowest BCUT2D eigenvalue weighted by molar-refractivity contribution is -0.138. The van der Waals surface area contributed by atoms with Crippen molar-refractivity contribution in [2.45, 2.75) is 32.0 Å². The lowest BCUT2D eigenvalue weighted by atomic mass is 9.97. The highest BCUT2D eigenvalue weighted by atomic mass is 19.4. The van der Waals surface area contributed by atoms with Crippen LogP contribution in [0.4, 0.5) is 13.2 Å². The van der Waals surface area contributed by atoms with Crippen LogP contribution in [-0.2, 0) is 19.6 Å². The Bertz CT molecular complexity index is 967. The number of aliphatic hydroxyl groups excluding tert-OH is 2. The van der Waals surface area contributed by atoms with E-state index in [2.05, 4.69) is 9.97 Å². The molecule has 3 aromatic rings. The molecule has 144 valence electrons. The minimum absolute atomic E-state index is 0.123. The molecule has 0 bridgehead atoms. The van der Waals surface area contributed by atoms with E-state index in [1.165, 1.54) is 19.2 Å². The van der Waals surface area contributed by atoms with Gasteiger partial charge in [-0.05, 0) is 36.6 Å². The molecular formula is C19H20F3N3O2. The summed E-state index contributed by atoms with van der Waals surface area (Å²) in [5.41, 5.74) is 1.58. The number of benzene rings is 1. The molecule has 2 heterocycles. The second-order valence-corrected chi connectivity index (χ2v) is 6.50. The van der Waals surface area contributed by atoms with Gasteiger partial charge in [-0.1, -0.05) is 12.1 Å². The maximum atomic E-state index is 13.2. The van der Waals surface area contributed by atoms with Crippen molar-refractivity contribution in [3.05, 3.63) is 47.4 Å². The Hall–Kier alpha value is -2.45. The molecule has 1 unspecified atom stereocenters. The molecule has 2 N–H and O–H groups in total. The van der Waals surface area contributed by atoms with E-state index < -0.39 is 17.8 Å². The molecule has 0 saturated carbocycles. The van der Waals surface area contributed by atoms with E-state index in [4.69, 9.17) is 5.11 Å². The van der Waals surface area contributed by atoms with Crippen molar-refractivity contribution < 1.29 is 23.4 Å². The summed E-state index contributed by atoms with van der Waals surface area (Å²) in [6, 6.07) is 5.77. The van der Waals surface area contributed by atoms with Gasteiger partial charge in [0, 0.05) is 31.8 Å². The van der Waals surface area contributed by atoms with Crippen molar-refractivity contribution in [3.8, 4) is 11.1 Å². The van der Waals surface area contributed by atoms with Gasteiger partial charge in [0.2, 0.25) is 0 Å². The van der Waals surface area contributed by atoms with Crippen LogP contribution in [0, 0.1) is 6.92 Å². The quantitative estimate of drug-likeness (QED) is 0.714. The number of hydrogen-bond donors (Lipinski definition) is 2. The zero-order valence-electron chi connectivity index (χ0n) is 15.0. The Morgan fingerprint density at radius 1 is 1.26 bits per heavy atom. The molecule has 3 rings (SSSR count). The molecule has 1 aromatic carbocycles. The smallest absolute Gasteiger partial charge is 0.396 e. The third-order valence-electron chi connectivity index (χ3n) is 4.63. The van der Waals surface area contributed by atoms with E-state index in [0.717, 1.165) is 6.07 Å². The molecule has 1 atom stereocenters. The van der Waals surface area contributed by atoms with Gasteiger partial charge in [0.15, 0.2) is 5.65 Å². The number of rotatable bonds is 5. The Morgan fingerprint density at radius 2 is 2.00 bits per heavy atom. The summed E-state index contributed by atoms with van der Waals surface area (Å²) in [7, 11) is 1.76. The number of hydrogen-bond acceptors (Lipinski definition) is 4. The molecule has 2 aromatic heterocycles. The van der Waals surface area contributed by atoms with Crippen LogP contribution in [-0.4, -0.2) is 37.5 Å². The van der Waals surface area contributed by atoms with Gasteiger partial charge < -0.3 is 14.8 Å². The first-order valence-electron chi connectivity index (χ1n) is 8.49. The van der Waals surface area contributed by atoms with Crippen molar-refractivity contribution in [2.24, 2.45) is 7.05 Å². The summed E-state index contributed by atoms with van der Waals surface area (Å²) in [6.07, 6.45) is -3.12. The van der Waals surface area contributed by atoms with Crippen LogP contribution in [0.5, 0.6) is 0 Å². The highest BCUT2D eigenvalue weighted by molar-refractivity contribution is 5.80. The molecule has 0 aliphatic heterocycles. The van der Waals surface area contributed by atoms with Crippen LogP contribution < -0.4 is 0 Å². The molecule has 0 amide bonds. The Labute approximate surface area is 154 Å². The summed E-state index contributed by atoms with van der Waals surface area (Å²) in [5, 5.41) is 18.8. The number of aromatic nitrogens is 3. The molecular weight excluding hydrogens is 359 g/mol. The monoisotopic (exact) mass is 379 g/mol. The SMILES string of the molecule is Cc1c(-c2cnc3c(c2)nc(CC(O)CCO)n3C)cccc1C(F)(F)F. The van der Waals surface area contributed by atoms with Gasteiger partial charge in [-0.15, -0.1) is 0 Å². The largest absolute Gasteiger partial charge is 0.416 e. The van der Waals surface area contributed by atoms with Gasteiger partial charge in [-0.2, -0.15) is 13.2 Å². The average molecular weight is 379 g/mol. The average Bonchev–Trinajstić information content (AvgIpc) is 2.89. The fourth-order valence-corrected chi connectivity index (χ4v) is 3.17. The summed E-state index contributed by atoms with van der Waals surface area (Å²) in [4.78, 5) is 8.81. The number of fused-ring (bicyclic) bond motifs is 1. The van der Waals surface area contributed by atoms with Crippen LogP contribution in [0.25, 0.3) is 22.3 Å². The van der Waals surface area contributed by atoms with Crippen LogP contribution in [0.15, 0.2) is 30.5 Å². The lowest BCUT2D eigenvalue weighted by Crippen LogP contribution is -2.15. The third kappa shape index (κ3) is 3.81. The first-order chi connectivity index (χ1) is 12.7. The van der Waals surface area contributed by atoms with E-state index >= 15 is 0 Å². The van der Waals surface area contributed by atoms with Gasteiger partial charge in [0.1, 0.15) is 11.3 Å². The van der Waals surface area contributed by atoms with E-state index in [-0.39, 0.29) is 25.0 Å². The van der Waals surface area contributed by atoms with Crippen LogP contribution in [0.2, 0.25) is 0 Å². The third-order valence-corrected chi connectivity index (χ3v) is 4.63. The fraction of sp³-hybridized carbons (Fsp3) is 0.368. The lowest BCUT2D eigenvalue weighted by Gasteiger charge is -2.13. The Balaban J connectivity index is 2.03. The zero-order chi connectivity index (χ0) is 19.8. The van der Waals surface area contributed by atoms with Crippen molar-refractivity contribution in [2.75, 3.05) is 6.61 Å². The topological polar surface area (TPSA) is 71.2 Å². The van der Waals surface area contributed by atoms with Gasteiger partial charge in [0.05, 0.1) is 11.7 Å². The number of aryl methyl sites for hydroxylation is 1. The standard InChI is InChI=1S/C19H20F3N3O2/c1-11-14(4-3-5-15(11)19(20,21)22)12-8-16-18(23-10-12)25(2)17(24-16)9-13(27)6-7-26/h3-5,8,10,13,26-27H,6-7,9H2,1-2H3. The molecule has 5 nitrogen and oxygen atoms in total. The van der Waals surface area contributed by atoms with E-state index in [0.29, 0.717) is 28.1 Å². The summed E-state index contributed by atoms with van der Waals surface area (Å²) in [5.74, 6) is 0.594. The van der Waals surface area contributed by atoms with Gasteiger partial charge in [0.25, 0.3) is 0 Å². The predicted molar refractivity (Wildman–Crippen MR) is 95.1 cm³/mol. The number of nitrogens with zero attached hydrogens (tertiary/aromatic N) is 3. The van der Waals surface area contributed by atoms with E-state index in [1.807, 2.05) is 0 Å². The van der Waals surface area contributed by atoms with E-state index in [1.54, 1.807) is 23.7 Å². The molecule has 0 aliphatic carbocycles. The molecule has 0 radical (unpaired) electrons. The molecule has 0 fully saturated rings. The highest BCUT2D eigenvalue weighted by Gasteiger charge is 2.33. The normalized spacial score (nSPS) is 13.3. The van der Waals surface area contributed by atoms with Crippen LogP contribution in [0.1, 0.15) is 23.4 Å². The van der Waals surface area contributed by atoms with Crippen molar-refractivity contribution in [1.29, 1.82) is 0 Å². The number of alkyl halides is 3. The fourth-order valence-electron chi connectivity index (χ4n) is 3.17. The van der Waals surface area contributed by atoms with Gasteiger partial charge in [-0.3, -0.25) is 0 Å². The van der Waals surface area contributed by atoms with Gasteiger partial charge >= 0.3 is 6.18 Å². The van der Waals surface area contributed by atoms with E-state index in [9.17, 15) is 18.3 Å². The second-order valence-electron chi connectivity index (χ2n) is 6.50. The first-order valence-corrected chi connectivity index (χ1v) is 8.49. The summed E-state index contributed by atoms with van der Waals surface area (Å²) >= 11 is 0. The molecule has 0 spiro atoms.